The molecule has 0 N–H and O–H groups in total. The van der Waals surface area contributed by atoms with E-state index in [2.05, 4.69) is 21.9 Å². The molecule has 2 aromatic carbocycles. The summed E-state index contributed by atoms with van der Waals surface area (Å²) in [6.45, 7) is 4.88. The highest BCUT2D eigenvalue weighted by atomic mass is 35.5. The van der Waals surface area contributed by atoms with Gasteiger partial charge >= 0.3 is 5.76 Å². The lowest BCUT2D eigenvalue weighted by atomic mass is 10.2. The van der Waals surface area contributed by atoms with Gasteiger partial charge in [0.1, 0.15) is 5.82 Å². The van der Waals surface area contributed by atoms with Gasteiger partial charge in [0.25, 0.3) is 0 Å². The van der Waals surface area contributed by atoms with Crippen LogP contribution in [0.5, 0.6) is 0 Å². The third-order valence-corrected chi connectivity index (χ3v) is 4.74. The highest BCUT2D eigenvalue weighted by molar-refractivity contribution is 6.31. The Labute approximate surface area is 161 Å². The molecule has 0 saturated heterocycles. The van der Waals surface area contributed by atoms with Crippen LogP contribution in [0.2, 0.25) is 5.02 Å². The third-order valence-electron chi connectivity index (χ3n) is 4.50. The number of hydrogen-bond donors (Lipinski definition) is 0. The largest absolute Gasteiger partial charge is 0.442 e. The predicted molar refractivity (Wildman–Crippen MR) is 104 cm³/mol. The van der Waals surface area contributed by atoms with Crippen molar-refractivity contribution >= 4 is 22.6 Å². The lowest BCUT2D eigenvalue weighted by Crippen LogP contribution is -2.21. The SMILES string of the molecule is CC(C)c1noc(=O)n1Cc1nc2cc(Cl)ccc2n1Cc1ccccc1. The predicted octanol–water partition coefficient (Wildman–Crippen LogP) is 4.06. The second-order valence-corrected chi connectivity index (χ2v) is 7.22. The third kappa shape index (κ3) is 3.40. The fraction of sp³-hybridized carbons (Fsp3) is 0.250. The Bertz CT molecular complexity index is 1140. The molecule has 0 atom stereocenters. The smallest absolute Gasteiger partial charge is 0.322 e. The number of halogens is 1. The van der Waals surface area contributed by atoms with Gasteiger partial charge < -0.3 is 4.57 Å². The summed E-state index contributed by atoms with van der Waals surface area (Å²) < 4.78 is 8.52. The molecule has 2 heterocycles. The van der Waals surface area contributed by atoms with Crippen LogP contribution in [-0.2, 0) is 13.1 Å². The van der Waals surface area contributed by atoms with Gasteiger partial charge in [0.05, 0.1) is 17.6 Å². The minimum Gasteiger partial charge on any atom is -0.322 e. The van der Waals surface area contributed by atoms with Crippen molar-refractivity contribution in [3.05, 3.63) is 81.3 Å². The topological polar surface area (TPSA) is 65.8 Å². The van der Waals surface area contributed by atoms with Crippen LogP contribution in [-0.4, -0.2) is 19.3 Å². The highest BCUT2D eigenvalue weighted by Crippen LogP contribution is 2.23. The van der Waals surface area contributed by atoms with Crippen molar-refractivity contribution in [1.29, 1.82) is 0 Å². The number of hydrogen-bond acceptors (Lipinski definition) is 4. The van der Waals surface area contributed by atoms with Crippen molar-refractivity contribution in [3.8, 4) is 0 Å². The molecule has 0 bridgehead atoms. The van der Waals surface area contributed by atoms with Crippen molar-refractivity contribution in [2.24, 2.45) is 0 Å². The first-order valence-corrected chi connectivity index (χ1v) is 9.15. The number of imidazole rings is 1. The van der Waals surface area contributed by atoms with Gasteiger partial charge in [-0.15, -0.1) is 0 Å². The Morgan fingerprint density at radius 3 is 2.59 bits per heavy atom. The average molecular weight is 383 g/mol. The van der Waals surface area contributed by atoms with Crippen LogP contribution in [0.3, 0.4) is 0 Å². The van der Waals surface area contributed by atoms with Crippen LogP contribution in [0.1, 0.15) is 37.0 Å². The zero-order valence-corrected chi connectivity index (χ0v) is 15.8. The second kappa shape index (κ2) is 7.04. The summed E-state index contributed by atoms with van der Waals surface area (Å²) in [5.74, 6) is 0.951. The molecule has 6 nitrogen and oxygen atoms in total. The van der Waals surface area contributed by atoms with Crippen LogP contribution in [0, 0.1) is 0 Å². The van der Waals surface area contributed by atoms with Gasteiger partial charge in [0, 0.05) is 17.5 Å². The maximum atomic E-state index is 12.2. The Morgan fingerprint density at radius 2 is 1.85 bits per heavy atom. The van der Waals surface area contributed by atoms with Gasteiger partial charge in [-0.3, -0.25) is 9.09 Å². The van der Waals surface area contributed by atoms with Crippen LogP contribution < -0.4 is 5.76 Å². The maximum Gasteiger partial charge on any atom is 0.442 e. The number of nitrogens with zero attached hydrogens (tertiary/aromatic N) is 4. The van der Waals surface area contributed by atoms with Crippen LogP contribution in [0.25, 0.3) is 11.0 Å². The summed E-state index contributed by atoms with van der Waals surface area (Å²) >= 11 is 6.15. The maximum absolute atomic E-state index is 12.2. The summed E-state index contributed by atoms with van der Waals surface area (Å²) in [5, 5.41) is 4.54. The number of benzene rings is 2. The summed E-state index contributed by atoms with van der Waals surface area (Å²) in [5.41, 5.74) is 2.91. The van der Waals surface area contributed by atoms with Crippen molar-refractivity contribution < 1.29 is 4.52 Å². The van der Waals surface area contributed by atoms with Gasteiger partial charge in [0.15, 0.2) is 5.82 Å². The monoisotopic (exact) mass is 382 g/mol. The standard InChI is InChI=1S/C20H19ClN4O2/c1-13(2)19-23-27-20(26)25(19)12-18-22-16-10-15(21)8-9-17(16)24(18)11-14-6-4-3-5-7-14/h3-10,13H,11-12H2,1-2H3. The first-order chi connectivity index (χ1) is 13.0. The lowest BCUT2D eigenvalue weighted by Gasteiger charge is -2.11. The molecule has 0 spiro atoms. The van der Waals surface area contributed by atoms with Crippen molar-refractivity contribution in [1.82, 2.24) is 19.3 Å². The first kappa shape index (κ1) is 17.5. The average Bonchev–Trinajstić information content (AvgIpc) is 3.17. The van der Waals surface area contributed by atoms with E-state index >= 15 is 0 Å². The Balaban J connectivity index is 1.83. The van der Waals surface area contributed by atoms with E-state index < -0.39 is 5.76 Å². The minimum atomic E-state index is -0.477. The highest BCUT2D eigenvalue weighted by Gasteiger charge is 2.18. The summed E-state index contributed by atoms with van der Waals surface area (Å²) in [6.07, 6.45) is 0. The lowest BCUT2D eigenvalue weighted by molar-refractivity contribution is 0.373. The fourth-order valence-corrected chi connectivity index (χ4v) is 3.36. The van der Waals surface area contributed by atoms with Gasteiger partial charge in [-0.2, -0.15) is 0 Å². The quantitative estimate of drug-likeness (QED) is 0.522. The second-order valence-electron chi connectivity index (χ2n) is 6.78. The molecule has 0 aliphatic rings. The summed E-state index contributed by atoms with van der Waals surface area (Å²) in [4.78, 5) is 16.9. The fourth-order valence-electron chi connectivity index (χ4n) is 3.20. The van der Waals surface area contributed by atoms with Crippen LogP contribution in [0.15, 0.2) is 57.8 Å². The van der Waals surface area contributed by atoms with E-state index in [0.29, 0.717) is 17.4 Å². The molecule has 0 saturated carbocycles. The van der Waals surface area contributed by atoms with Crippen LogP contribution in [0.4, 0.5) is 0 Å². The number of aromatic nitrogens is 4. The molecular weight excluding hydrogens is 364 g/mol. The Kier molecular flexibility index (Phi) is 4.58. The Morgan fingerprint density at radius 1 is 1.07 bits per heavy atom. The van der Waals surface area contributed by atoms with Crippen molar-refractivity contribution in [2.75, 3.05) is 0 Å². The summed E-state index contributed by atoms with van der Waals surface area (Å²) in [7, 11) is 0. The van der Waals surface area contributed by atoms with E-state index in [1.54, 1.807) is 0 Å². The molecular formula is C20H19ClN4O2. The molecule has 4 rings (SSSR count). The molecule has 0 radical (unpaired) electrons. The van der Waals surface area contributed by atoms with E-state index in [-0.39, 0.29) is 12.5 Å². The van der Waals surface area contributed by atoms with Crippen LogP contribution >= 0.6 is 11.6 Å². The van der Waals surface area contributed by atoms with Gasteiger partial charge in [0.2, 0.25) is 0 Å². The molecule has 4 aromatic rings. The number of fused-ring (bicyclic) bond motifs is 1. The van der Waals surface area contributed by atoms with Crippen molar-refractivity contribution in [3.63, 3.8) is 0 Å². The molecule has 138 valence electrons. The van der Waals surface area contributed by atoms with Gasteiger partial charge in [-0.05, 0) is 23.8 Å². The van der Waals surface area contributed by atoms with E-state index in [0.717, 1.165) is 22.4 Å². The first-order valence-electron chi connectivity index (χ1n) is 8.78. The molecule has 0 unspecified atom stereocenters. The van der Waals surface area contributed by atoms with Gasteiger partial charge in [-0.1, -0.05) is 60.9 Å². The molecule has 7 heteroatoms. The summed E-state index contributed by atoms with van der Waals surface area (Å²) in [6, 6.07) is 15.8. The molecule has 0 aliphatic heterocycles. The van der Waals surface area contributed by atoms with Crippen molar-refractivity contribution in [2.45, 2.75) is 32.9 Å². The molecule has 0 amide bonds. The minimum absolute atomic E-state index is 0.0675. The zero-order chi connectivity index (χ0) is 19.0. The molecule has 0 fully saturated rings. The van der Waals surface area contributed by atoms with E-state index in [9.17, 15) is 4.79 Å². The van der Waals surface area contributed by atoms with E-state index in [1.165, 1.54) is 4.57 Å². The van der Waals surface area contributed by atoms with Gasteiger partial charge in [-0.25, -0.2) is 9.78 Å². The number of rotatable bonds is 5. The zero-order valence-electron chi connectivity index (χ0n) is 15.1. The molecule has 0 aliphatic carbocycles. The molecule has 27 heavy (non-hydrogen) atoms. The Hall–Kier alpha value is -2.86. The normalized spacial score (nSPS) is 11.6. The van der Waals surface area contributed by atoms with E-state index in [4.69, 9.17) is 21.1 Å². The van der Waals surface area contributed by atoms with E-state index in [1.807, 2.05) is 50.2 Å². The molecule has 2 aromatic heterocycles.